The minimum Gasteiger partial charge on any atom is -0.393 e. The van der Waals surface area contributed by atoms with E-state index in [0.717, 1.165) is 49.5 Å². The number of rotatable bonds is 7. The van der Waals surface area contributed by atoms with Crippen molar-refractivity contribution in [2.75, 3.05) is 30.3 Å². The van der Waals surface area contributed by atoms with Crippen molar-refractivity contribution in [2.24, 2.45) is 0 Å². The van der Waals surface area contributed by atoms with E-state index in [0.29, 0.717) is 5.25 Å². The highest BCUT2D eigenvalue weighted by molar-refractivity contribution is 7.99. The van der Waals surface area contributed by atoms with E-state index < -0.39 is 0 Å². The summed E-state index contributed by atoms with van der Waals surface area (Å²) in [5, 5.41) is 13.8. The van der Waals surface area contributed by atoms with E-state index in [4.69, 9.17) is 0 Å². The number of hydrogen-bond acceptors (Lipinski definition) is 4. The van der Waals surface area contributed by atoms with Crippen molar-refractivity contribution < 1.29 is 9.50 Å². The molecule has 0 saturated carbocycles. The first-order chi connectivity index (χ1) is 11.0. The molecule has 3 nitrogen and oxygen atoms in total. The highest BCUT2D eigenvalue weighted by atomic mass is 32.2. The molecule has 0 aromatic heterocycles. The molecular weight excluding hydrogens is 311 g/mol. The summed E-state index contributed by atoms with van der Waals surface area (Å²) >= 11 is 1.93. The van der Waals surface area contributed by atoms with Crippen LogP contribution in [0.25, 0.3) is 0 Å². The average molecular weight is 341 g/mol. The van der Waals surface area contributed by atoms with Crippen molar-refractivity contribution in [1.29, 1.82) is 0 Å². The van der Waals surface area contributed by atoms with Gasteiger partial charge in [-0.3, -0.25) is 0 Å². The van der Waals surface area contributed by atoms with E-state index in [1.807, 2.05) is 17.8 Å². The maximum absolute atomic E-state index is 13.7. The largest absolute Gasteiger partial charge is 0.393 e. The number of benzene rings is 1. The molecule has 2 N–H and O–H groups in total. The van der Waals surface area contributed by atoms with Crippen LogP contribution in [0.3, 0.4) is 0 Å². The van der Waals surface area contributed by atoms with Gasteiger partial charge in [0.1, 0.15) is 5.82 Å². The molecule has 1 aliphatic heterocycles. The Hall–Kier alpha value is -0.780. The highest BCUT2D eigenvalue weighted by Crippen LogP contribution is 2.29. The third-order valence-corrected chi connectivity index (χ3v) is 5.37. The van der Waals surface area contributed by atoms with Gasteiger partial charge in [0.15, 0.2) is 0 Å². The van der Waals surface area contributed by atoms with Gasteiger partial charge in [-0.05, 0) is 48.8 Å². The fourth-order valence-electron chi connectivity index (χ4n) is 2.95. The zero-order valence-electron chi connectivity index (χ0n) is 14.4. The van der Waals surface area contributed by atoms with Crippen LogP contribution in [-0.4, -0.2) is 41.8 Å². The normalized spacial score (nSPS) is 17.7. The smallest absolute Gasteiger partial charge is 0.123 e. The highest BCUT2D eigenvalue weighted by Gasteiger charge is 2.21. The molecule has 1 fully saturated rings. The van der Waals surface area contributed by atoms with E-state index in [1.54, 1.807) is 6.07 Å². The van der Waals surface area contributed by atoms with Gasteiger partial charge in [0, 0.05) is 37.1 Å². The lowest BCUT2D eigenvalue weighted by molar-refractivity contribution is 0.145. The molecule has 0 amide bonds. The Labute approximate surface area is 143 Å². The lowest BCUT2D eigenvalue weighted by Crippen LogP contribution is -2.37. The summed E-state index contributed by atoms with van der Waals surface area (Å²) in [6.07, 6.45) is 1.37. The molecule has 1 aromatic rings. The molecule has 1 heterocycles. The molecule has 0 aliphatic carbocycles. The van der Waals surface area contributed by atoms with Crippen LogP contribution in [-0.2, 0) is 0 Å². The second-order valence-electron chi connectivity index (χ2n) is 6.52. The number of aliphatic hydroxyl groups is 1. The molecule has 0 bridgehead atoms. The number of anilines is 1. The van der Waals surface area contributed by atoms with E-state index >= 15 is 0 Å². The molecule has 2 rings (SSSR count). The zero-order valence-corrected chi connectivity index (χ0v) is 15.2. The van der Waals surface area contributed by atoms with Crippen LogP contribution in [0.2, 0.25) is 0 Å². The van der Waals surface area contributed by atoms with Gasteiger partial charge in [-0.25, -0.2) is 4.39 Å². The van der Waals surface area contributed by atoms with Crippen LogP contribution in [0.5, 0.6) is 0 Å². The van der Waals surface area contributed by atoms with Gasteiger partial charge in [-0.1, -0.05) is 13.8 Å². The minimum absolute atomic E-state index is 0.111. The SMILES string of the molecule is CC(C)SCCNC(C)c1cc(F)ccc1N1CCC(O)CC1. The molecule has 1 saturated heterocycles. The average Bonchev–Trinajstić information content (AvgIpc) is 2.52. The number of thioether (sulfide) groups is 1. The van der Waals surface area contributed by atoms with Gasteiger partial charge in [0.2, 0.25) is 0 Å². The lowest BCUT2D eigenvalue weighted by Gasteiger charge is -2.34. The van der Waals surface area contributed by atoms with E-state index in [2.05, 4.69) is 31.0 Å². The van der Waals surface area contributed by atoms with Crippen molar-refractivity contribution in [3.63, 3.8) is 0 Å². The quantitative estimate of drug-likeness (QED) is 0.744. The predicted molar refractivity (Wildman–Crippen MR) is 97.9 cm³/mol. The first-order valence-corrected chi connectivity index (χ1v) is 9.59. The number of nitrogens with zero attached hydrogens (tertiary/aromatic N) is 1. The molecule has 0 spiro atoms. The number of hydrogen-bond donors (Lipinski definition) is 2. The summed E-state index contributed by atoms with van der Waals surface area (Å²) in [5.41, 5.74) is 2.10. The monoisotopic (exact) mass is 340 g/mol. The van der Waals surface area contributed by atoms with Crippen LogP contribution < -0.4 is 10.2 Å². The third kappa shape index (κ3) is 5.66. The van der Waals surface area contributed by atoms with Gasteiger partial charge in [-0.15, -0.1) is 0 Å². The molecule has 5 heteroatoms. The molecule has 23 heavy (non-hydrogen) atoms. The summed E-state index contributed by atoms with van der Waals surface area (Å²) < 4.78 is 13.7. The maximum atomic E-state index is 13.7. The Morgan fingerprint density at radius 3 is 2.65 bits per heavy atom. The van der Waals surface area contributed by atoms with Crippen molar-refractivity contribution >= 4 is 17.4 Å². The van der Waals surface area contributed by atoms with Crippen LogP contribution in [0.15, 0.2) is 18.2 Å². The van der Waals surface area contributed by atoms with Gasteiger partial charge < -0.3 is 15.3 Å². The second-order valence-corrected chi connectivity index (χ2v) is 8.20. The standard InChI is InChI=1S/C18H29FN2OS/c1-13(2)23-11-8-20-14(3)17-12-15(19)4-5-18(17)21-9-6-16(22)7-10-21/h4-5,12-14,16,20,22H,6-11H2,1-3H3. The zero-order chi connectivity index (χ0) is 16.8. The molecule has 130 valence electrons. The second kappa shape index (κ2) is 8.90. The van der Waals surface area contributed by atoms with Crippen LogP contribution in [0.4, 0.5) is 10.1 Å². The minimum atomic E-state index is -0.196. The Morgan fingerprint density at radius 1 is 1.30 bits per heavy atom. The van der Waals surface area contributed by atoms with Crippen molar-refractivity contribution in [3.05, 3.63) is 29.6 Å². The molecular formula is C18H29FN2OS. The molecule has 1 aromatic carbocycles. The molecule has 1 unspecified atom stereocenters. The summed E-state index contributed by atoms with van der Waals surface area (Å²) in [6.45, 7) is 9.06. The number of nitrogens with one attached hydrogen (secondary N) is 1. The van der Waals surface area contributed by atoms with Crippen molar-refractivity contribution in [2.45, 2.75) is 51.0 Å². The van der Waals surface area contributed by atoms with Crippen LogP contribution in [0.1, 0.15) is 45.2 Å². The summed E-state index contributed by atoms with van der Waals surface area (Å²) in [5.74, 6) is 0.869. The van der Waals surface area contributed by atoms with Gasteiger partial charge in [0.25, 0.3) is 0 Å². The molecule has 1 aliphatic rings. The number of halogens is 1. The molecule has 0 radical (unpaired) electrons. The Kier molecular flexibility index (Phi) is 7.18. The van der Waals surface area contributed by atoms with Gasteiger partial charge >= 0.3 is 0 Å². The van der Waals surface area contributed by atoms with Crippen molar-refractivity contribution in [1.82, 2.24) is 5.32 Å². The Bertz CT molecular complexity index is 490. The van der Waals surface area contributed by atoms with Crippen molar-refractivity contribution in [3.8, 4) is 0 Å². The summed E-state index contributed by atoms with van der Waals surface area (Å²) in [7, 11) is 0. The maximum Gasteiger partial charge on any atom is 0.123 e. The first-order valence-electron chi connectivity index (χ1n) is 8.55. The van der Waals surface area contributed by atoms with Gasteiger partial charge in [-0.2, -0.15) is 11.8 Å². The summed E-state index contributed by atoms with van der Waals surface area (Å²) in [6, 6.07) is 5.17. The fraction of sp³-hybridized carbons (Fsp3) is 0.667. The first kappa shape index (κ1) is 18.6. The van der Waals surface area contributed by atoms with Crippen LogP contribution >= 0.6 is 11.8 Å². The van der Waals surface area contributed by atoms with Gasteiger partial charge in [0.05, 0.1) is 6.10 Å². The van der Waals surface area contributed by atoms with Crippen LogP contribution in [0, 0.1) is 5.82 Å². The predicted octanol–water partition coefficient (Wildman–Crippen LogP) is 3.58. The third-order valence-electron chi connectivity index (χ3n) is 4.27. The number of aliphatic hydroxyl groups excluding tert-OH is 1. The summed E-state index contributed by atoms with van der Waals surface area (Å²) in [4.78, 5) is 2.27. The Morgan fingerprint density at radius 2 is 2.00 bits per heavy atom. The van der Waals surface area contributed by atoms with E-state index in [-0.39, 0.29) is 18.0 Å². The van der Waals surface area contributed by atoms with E-state index in [9.17, 15) is 9.50 Å². The fourth-order valence-corrected chi connectivity index (χ4v) is 3.65. The molecule has 1 atom stereocenters. The topological polar surface area (TPSA) is 35.5 Å². The number of piperidine rings is 1. The van der Waals surface area contributed by atoms with E-state index in [1.165, 1.54) is 6.07 Å². The lowest BCUT2D eigenvalue weighted by atomic mass is 10.0. The Balaban J connectivity index is 2.02.